The standard InChI is InChI=1S/2C4H9N.C4H10.HO3P/c2*1-2-4-5-3-1;1-3-4-2;1-4(2)3/h2*5H,1-4H2;3-4H2,1-2H3;(H-,1,2,3)/p+1. The highest BCUT2D eigenvalue weighted by Gasteiger charge is 1.94. The third-order valence-corrected chi connectivity index (χ3v) is 2.41. The first kappa shape index (κ1) is 20.3. The van der Waals surface area contributed by atoms with E-state index in [0.29, 0.717) is 0 Å². The van der Waals surface area contributed by atoms with Crippen molar-refractivity contribution in [1.82, 2.24) is 10.6 Å². The van der Waals surface area contributed by atoms with Crippen molar-refractivity contribution in [2.75, 3.05) is 26.2 Å². The average molecular weight is 281 g/mol. The molecule has 2 fully saturated rings. The molecule has 0 spiro atoms. The van der Waals surface area contributed by atoms with Crippen molar-refractivity contribution >= 4 is 8.25 Å². The molecule has 18 heavy (non-hydrogen) atoms. The van der Waals surface area contributed by atoms with Gasteiger partial charge in [-0.3, -0.25) is 0 Å². The molecule has 2 aliphatic heterocycles. The number of unbranched alkanes of at least 4 members (excludes halogenated alkanes) is 1. The van der Waals surface area contributed by atoms with Crippen molar-refractivity contribution in [2.45, 2.75) is 52.4 Å². The van der Waals surface area contributed by atoms with Gasteiger partial charge in [0.1, 0.15) is 0 Å². The van der Waals surface area contributed by atoms with Gasteiger partial charge in [0.15, 0.2) is 0 Å². The normalized spacial score (nSPS) is 16.4. The van der Waals surface area contributed by atoms with E-state index in [2.05, 4.69) is 24.5 Å². The van der Waals surface area contributed by atoms with Gasteiger partial charge in [0.25, 0.3) is 0 Å². The lowest BCUT2D eigenvalue weighted by atomic mass is 10.4. The SMILES string of the molecule is C1CCNC1.C1CCNC1.CCCC.O=[P+](O)O. The predicted octanol–water partition coefficient (Wildman–Crippen LogP) is 2.17. The second-order valence-electron chi connectivity index (χ2n) is 4.17. The van der Waals surface area contributed by atoms with Gasteiger partial charge >= 0.3 is 8.25 Å². The Labute approximate surface area is 112 Å². The molecule has 0 radical (unpaired) electrons. The van der Waals surface area contributed by atoms with E-state index in [1.807, 2.05) is 0 Å². The van der Waals surface area contributed by atoms with E-state index >= 15 is 0 Å². The van der Waals surface area contributed by atoms with Crippen LogP contribution in [0.25, 0.3) is 0 Å². The molecule has 0 aromatic carbocycles. The van der Waals surface area contributed by atoms with E-state index in [1.165, 1.54) is 64.7 Å². The van der Waals surface area contributed by atoms with Gasteiger partial charge < -0.3 is 10.6 Å². The van der Waals surface area contributed by atoms with Crippen LogP contribution in [0, 0.1) is 0 Å². The average Bonchev–Trinajstić information content (AvgIpc) is 3.05. The van der Waals surface area contributed by atoms with Crippen molar-refractivity contribution in [3.8, 4) is 0 Å². The Kier molecular flexibility index (Phi) is 21.7. The minimum Gasteiger partial charge on any atom is -0.317 e. The molecule has 0 saturated carbocycles. The zero-order chi connectivity index (χ0) is 14.1. The summed E-state index contributed by atoms with van der Waals surface area (Å²) in [6, 6.07) is 0. The number of hydrogen-bond acceptors (Lipinski definition) is 3. The molecule has 0 aromatic rings. The maximum absolute atomic E-state index is 8.70. The van der Waals surface area contributed by atoms with E-state index < -0.39 is 8.25 Å². The molecule has 0 atom stereocenters. The fraction of sp³-hybridized carbons (Fsp3) is 1.00. The molecule has 6 heteroatoms. The largest absolute Gasteiger partial charge is 0.692 e. The first-order chi connectivity index (χ1) is 8.65. The Balaban J connectivity index is 0. The van der Waals surface area contributed by atoms with E-state index in [9.17, 15) is 0 Å². The summed E-state index contributed by atoms with van der Waals surface area (Å²) in [5, 5.41) is 6.44. The third kappa shape index (κ3) is 29.7. The second-order valence-corrected chi connectivity index (χ2v) is 4.67. The van der Waals surface area contributed by atoms with Crippen molar-refractivity contribution in [1.29, 1.82) is 0 Å². The Bertz CT molecular complexity index is 132. The van der Waals surface area contributed by atoms with Crippen LogP contribution >= 0.6 is 8.25 Å². The predicted molar refractivity (Wildman–Crippen MR) is 76.8 cm³/mol. The first-order valence-electron chi connectivity index (χ1n) is 6.91. The summed E-state index contributed by atoms with van der Waals surface area (Å²) in [6.07, 6.45) is 8.19. The van der Waals surface area contributed by atoms with Crippen LogP contribution in [0.2, 0.25) is 0 Å². The maximum atomic E-state index is 8.70. The van der Waals surface area contributed by atoms with Crippen molar-refractivity contribution in [3.05, 3.63) is 0 Å². The van der Waals surface area contributed by atoms with Crippen LogP contribution in [0.4, 0.5) is 0 Å². The Morgan fingerprint density at radius 2 is 1.06 bits per heavy atom. The Hall–Kier alpha value is -0.0600. The molecular weight excluding hydrogens is 251 g/mol. The zero-order valence-corrected chi connectivity index (χ0v) is 12.7. The number of rotatable bonds is 1. The van der Waals surface area contributed by atoms with E-state index in [4.69, 9.17) is 14.4 Å². The molecule has 0 unspecified atom stereocenters. The lowest BCUT2D eigenvalue weighted by molar-refractivity contribution is 0.405. The highest BCUT2D eigenvalue weighted by molar-refractivity contribution is 7.30. The minimum atomic E-state index is -2.87. The van der Waals surface area contributed by atoms with Crippen LogP contribution in [-0.2, 0) is 4.57 Å². The summed E-state index contributed by atoms with van der Waals surface area (Å²) < 4.78 is 8.70. The molecule has 2 heterocycles. The molecule has 110 valence electrons. The fourth-order valence-corrected chi connectivity index (χ4v) is 1.25. The van der Waals surface area contributed by atoms with Gasteiger partial charge in [-0.1, -0.05) is 26.7 Å². The van der Waals surface area contributed by atoms with Crippen LogP contribution in [0.5, 0.6) is 0 Å². The van der Waals surface area contributed by atoms with E-state index in [-0.39, 0.29) is 0 Å². The monoisotopic (exact) mass is 281 g/mol. The molecule has 0 aromatic heterocycles. The smallest absolute Gasteiger partial charge is 0.317 e. The van der Waals surface area contributed by atoms with E-state index in [0.717, 1.165) is 0 Å². The second kappa shape index (κ2) is 19.3. The number of nitrogens with one attached hydrogen (secondary N) is 2. The highest BCUT2D eigenvalue weighted by atomic mass is 31.1. The lowest BCUT2D eigenvalue weighted by Gasteiger charge is -1.76. The Morgan fingerprint density at radius 3 is 1.11 bits per heavy atom. The van der Waals surface area contributed by atoms with Gasteiger partial charge in [-0.25, -0.2) is 0 Å². The summed E-state index contributed by atoms with van der Waals surface area (Å²) in [6.45, 7) is 9.36. The molecule has 0 bridgehead atoms. The fourth-order valence-electron chi connectivity index (χ4n) is 1.25. The molecule has 5 nitrogen and oxygen atoms in total. The van der Waals surface area contributed by atoms with Crippen molar-refractivity contribution in [2.24, 2.45) is 0 Å². The quantitative estimate of drug-likeness (QED) is 0.554. The molecule has 0 aliphatic carbocycles. The van der Waals surface area contributed by atoms with Gasteiger partial charge in [0, 0.05) is 4.57 Å². The third-order valence-electron chi connectivity index (χ3n) is 2.41. The minimum absolute atomic E-state index is 1.25. The van der Waals surface area contributed by atoms with Crippen LogP contribution in [0.1, 0.15) is 52.4 Å². The molecule has 2 saturated heterocycles. The summed E-state index contributed by atoms with van der Waals surface area (Å²) in [5.74, 6) is 0. The van der Waals surface area contributed by atoms with Crippen LogP contribution in [-0.4, -0.2) is 36.0 Å². The van der Waals surface area contributed by atoms with Crippen LogP contribution < -0.4 is 10.6 Å². The van der Waals surface area contributed by atoms with E-state index in [1.54, 1.807) is 0 Å². The van der Waals surface area contributed by atoms with Gasteiger partial charge in [-0.15, -0.1) is 9.79 Å². The maximum Gasteiger partial charge on any atom is 0.692 e. The molecule has 0 amide bonds. The lowest BCUT2D eigenvalue weighted by Crippen LogP contribution is -2.03. The van der Waals surface area contributed by atoms with Crippen LogP contribution in [0.3, 0.4) is 0 Å². The molecule has 4 N–H and O–H groups in total. The van der Waals surface area contributed by atoms with Gasteiger partial charge in [-0.2, -0.15) is 0 Å². The topological polar surface area (TPSA) is 81.6 Å². The van der Waals surface area contributed by atoms with Gasteiger partial charge in [0.05, 0.1) is 0 Å². The van der Waals surface area contributed by atoms with Crippen molar-refractivity contribution in [3.63, 3.8) is 0 Å². The summed E-state index contributed by atoms with van der Waals surface area (Å²) in [7, 11) is -2.87. The molecule has 2 rings (SSSR count). The summed E-state index contributed by atoms with van der Waals surface area (Å²) in [4.78, 5) is 14.2. The van der Waals surface area contributed by atoms with Gasteiger partial charge in [0.2, 0.25) is 0 Å². The number of hydrogen-bond donors (Lipinski definition) is 4. The highest BCUT2D eigenvalue weighted by Crippen LogP contribution is 1.98. The first-order valence-corrected chi connectivity index (χ1v) is 8.08. The zero-order valence-electron chi connectivity index (χ0n) is 11.8. The van der Waals surface area contributed by atoms with Crippen LogP contribution in [0.15, 0.2) is 0 Å². The van der Waals surface area contributed by atoms with Gasteiger partial charge in [-0.05, 0) is 51.9 Å². The Morgan fingerprint density at radius 1 is 0.833 bits per heavy atom. The van der Waals surface area contributed by atoms with Crippen molar-refractivity contribution < 1.29 is 14.4 Å². The molecular formula is C12H30N2O3P+. The summed E-state index contributed by atoms with van der Waals surface area (Å²) >= 11 is 0. The molecule has 2 aliphatic rings. The summed E-state index contributed by atoms with van der Waals surface area (Å²) in [5.41, 5.74) is 0.